The summed E-state index contributed by atoms with van der Waals surface area (Å²) in [7, 11) is 0. The van der Waals surface area contributed by atoms with Gasteiger partial charge in [-0.1, -0.05) is 24.3 Å². The second kappa shape index (κ2) is 4.14. The number of amides is 1. The Balaban J connectivity index is 2.38. The molecule has 0 fully saturated rings. The predicted molar refractivity (Wildman–Crippen MR) is 60.4 cm³/mol. The molecule has 0 heterocycles. The van der Waals surface area contributed by atoms with Crippen LogP contribution >= 0.6 is 0 Å². The maximum atomic E-state index is 13.0. The molecule has 0 aliphatic heterocycles. The minimum absolute atomic E-state index is 0.281. The van der Waals surface area contributed by atoms with Crippen molar-refractivity contribution in [2.75, 3.05) is 0 Å². The van der Waals surface area contributed by atoms with Gasteiger partial charge in [0.05, 0.1) is 0 Å². The Morgan fingerprint density at radius 1 is 1.00 bits per heavy atom. The third-order valence-electron chi connectivity index (χ3n) is 2.33. The molecule has 2 aromatic carbocycles. The molecule has 0 bridgehead atoms. The lowest BCUT2D eigenvalue weighted by Gasteiger charge is -2.02. The maximum Gasteiger partial charge on any atom is 0.248 e. The highest BCUT2D eigenvalue weighted by Gasteiger charge is 2.02. The number of primary amides is 1. The molecule has 2 nitrogen and oxygen atoms in total. The SMILES string of the molecule is NC(=O)c1ccc(-c2cccc(F)c2)cc1. The van der Waals surface area contributed by atoms with E-state index in [0.29, 0.717) is 5.56 Å². The van der Waals surface area contributed by atoms with Gasteiger partial charge in [-0.3, -0.25) is 4.79 Å². The van der Waals surface area contributed by atoms with Crippen molar-refractivity contribution in [1.82, 2.24) is 0 Å². The Bertz CT molecular complexity index is 520. The average Bonchev–Trinajstić information content (AvgIpc) is 2.29. The maximum absolute atomic E-state index is 13.0. The largest absolute Gasteiger partial charge is 0.366 e. The van der Waals surface area contributed by atoms with E-state index in [-0.39, 0.29) is 5.82 Å². The van der Waals surface area contributed by atoms with E-state index in [1.807, 2.05) is 6.07 Å². The second-order valence-electron chi connectivity index (χ2n) is 3.45. The van der Waals surface area contributed by atoms with Crippen molar-refractivity contribution >= 4 is 5.91 Å². The first-order chi connectivity index (χ1) is 7.66. The van der Waals surface area contributed by atoms with Gasteiger partial charge in [0.1, 0.15) is 5.82 Å². The van der Waals surface area contributed by atoms with Crippen molar-refractivity contribution in [3.63, 3.8) is 0 Å². The fourth-order valence-electron chi connectivity index (χ4n) is 1.49. The van der Waals surface area contributed by atoms with E-state index in [1.165, 1.54) is 12.1 Å². The van der Waals surface area contributed by atoms with Crippen LogP contribution in [0.3, 0.4) is 0 Å². The molecule has 0 unspecified atom stereocenters. The van der Waals surface area contributed by atoms with Crippen LogP contribution in [-0.4, -0.2) is 5.91 Å². The van der Waals surface area contributed by atoms with Gasteiger partial charge in [0.15, 0.2) is 0 Å². The molecule has 0 aliphatic rings. The molecular weight excluding hydrogens is 205 g/mol. The van der Waals surface area contributed by atoms with Crippen molar-refractivity contribution in [2.24, 2.45) is 5.73 Å². The highest BCUT2D eigenvalue weighted by Crippen LogP contribution is 2.20. The number of carbonyl (C=O) groups excluding carboxylic acids is 1. The molecule has 80 valence electrons. The molecule has 3 heteroatoms. The molecule has 2 aromatic rings. The number of nitrogens with two attached hydrogens (primary N) is 1. The molecule has 2 N–H and O–H groups in total. The van der Waals surface area contributed by atoms with Crippen LogP contribution in [0.15, 0.2) is 48.5 Å². The van der Waals surface area contributed by atoms with Crippen molar-refractivity contribution in [3.05, 3.63) is 59.9 Å². The first kappa shape index (κ1) is 10.4. The van der Waals surface area contributed by atoms with Gasteiger partial charge in [0, 0.05) is 5.56 Å². The normalized spacial score (nSPS) is 10.1. The molecule has 16 heavy (non-hydrogen) atoms. The third-order valence-corrected chi connectivity index (χ3v) is 2.33. The van der Waals surface area contributed by atoms with E-state index in [1.54, 1.807) is 30.3 Å². The van der Waals surface area contributed by atoms with Crippen LogP contribution in [0.5, 0.6) is 0 Å². The fraction of sp³-hybridized carbons (Fsp3) is 0. The predicted octanol–water partition coefficient (Wildman–Crippen LogP) is 2.59. The molecule has 0 saturated carbocycles. The topological polar surface area (TPSA) is 43.1 Å². The summed E-state index contributed by atoms with van der Waals surface area (Å²) in [5.74, 6) is -0.748. The Kier molecular flexibility index (Phi) is 2.68. The van der Waals surface area contributed by atoms with Crippen LogP contribution in [0.4, 0.5) is 4.39 Å². The Morgan fingerprint density at radius 2 is 1.69 bits per heavy atom. The first-order valence-corrected chi connectivity index (χ1v) is 4.82. The van der Waals surface area contributed by atoms with E-state index in [4.69, 9.17) is 5.73 Å². The summed E-state index contributed by atoms with van der Waals surface area (Å²) in [4.78, 5) is 10.9. The molecule has 0 aliphatic carbocycles. The second-order valence-corrected chi connectivity index (χ2v) is 3.45. The van der Waals surface area contributed by atoms with Gasteiger partial charge in [0.25, 0.3) is 0 Å². The summed E-state index contributed by atoms with van der Waals surface area (Å²) in [5.41, 5.74) is 7.20. The van der Waals surface area contributed by atoms with Crippen molar-refractivity contribution in [1.29, 1.82) is 0 Å². The summed E-state index contributed by atoms with van der Waals surface area (Å²) >= 11 is 0. The molecule has 2 rings (SSSR count). The molecule has 1 amide bonds. The van der Waals surface area contributed by atoms with Crippen molar-refractivity contribution in [3.8, 4) is 11.1 Å². The summed E-state index contributed by atoms with van der Waals surface area (Å²) in [6.45, 7) is 0. The zero-order chi connectivity index (χ0) is 11.5. The molecule has 0 aromatic heterocycles. The van der Waals surface area contributed by atoms with Crippen LogP contribution in [0.1, 0.15) is 10.4 Å². The van der Waals surface area contributed by atoms with E-state index >= 15 is 0 Å². The lowest BCUT2D eigenvalue weighted by Crippen LogP contribution is -2.10. The first-order valence-electron chi connectivity index (χ1n) is 4.82. The fourth-order valence-corrected chi connectivity index (χ4v) is 1.49. The molecule has 0 saturated heterocycles. The number of carbonyl (C=O) groups is 1. The number of benzene rings is 2. The summed E-state index contributed by atoms with van der Waals surface area (Å²) < 4.78 is 13.0. The highest BCUT2D eigenvalue weighted by molar-refractivity contribution is 5.93. The van der Waals surface area contributed by atoms with Gasteiger partial charge in [-0.25, -0.2) is 4.39 Å². The molecule has 0 atom stereocenters. The minimum Gasteiger partial charge on any atom is -0.366 e. The van der Waals surface area contributed by atoms with Gasteiger partial charge < -0.3 is 5.73 Å². The molecular formula is C13H10FNO. The van der Waals surface area contributed by atoms with Crippen LogP contribution in [0, 0.1) is 5.82 Å². The van der Waals surface area contributed by atoms with Crippen LogP contribution in [-0.2, 0) is 0 Å². The van der Waals surface area contributed by atoms with E-state index in [2.05, 4.69) is 0 Å². The Labute approximate surface area is 92.5 Å². The quantitative estimate of drug-likeness (QED) is 0.822. The lowest BCUT2D eigenvalue weighted by atomic mass is 10.0. The van der Waals surface area contributed by atoms with Gasteiger partial charge in [-0.05, 0) is 35.4 Å². The van der Waals surface area contributed by atoms with Crippen molar-refractivity contribution in [2.45, 2.75) is 0 Å². The summed E-state index contributed by atoms with van der Waals surface area (Å²) in [6.07, 6.45) is 0. The number of hydrogen-bond acceptors (Lipinski definition) is 1. The highest BCUT2D eigenvalue weighted by atomic mass is 19.1. The molecule has 0 spiro atoms. The Hall–Kier alpha value is -2.16. The van der Waals surface area contributed by atoms with Crippen LogP contribution < -0.4 is 5.73 Å². The van der Waals surface area contributed by atoms with E-state index < -0.39 is 5.91 Å². The number of hydrogen-bond donors (Lipinski definition) is 1. The average molecular weight is 215 g/mol. The van der Waals surface area contributed by atoms with E-state index in [0.717, 1.165) is 11.1 Å². The van der Waals surface area contributed by atoms with Crippen molar-refractivity contribution < 1.29 is 9.18 Å². The van der Waals surface area contributed by atoms with Gasteiger partial charge >= 0.3 is 0 Å². The number of rotatable bonds is 2. The zero-order valence-corrected chi connectivity index (χ0v) is 8.48. The summed E-state index contributed by atoms with van der Waals surface area (Å²) in [5, 5.41) is 0. The molecule has 0 radical (unpaired) electrons. The van der Waals surface area contributed by atoms with Gasteiger partial charge in [-0.15, -0.1) is 0 Å². The summed E-state index contributed by atoms with van der Waals surface area (Å²) in [6, 6.07) is 13.0. The standard InChI is InChI=1S/C13H10FNO/c14-12-3-1-2-11(8-12)9-4-6-10(7-5-9)13(15)16/h1-8H,(H2,15,16). The monoisotopic (exact) mass is 215 g/mol. The Morgan fingerprint density at radius 3 is 2.25 bits per heavy atom. The minimum atomic E-state index is -0.467. The lowest BCUT2D eigenvalue weighted by molar-refractivity contribution is 0.100. The third kappa shape index (κ3) is 2.08. The van der Waals surface area contributed by atoms with Gasteiger partial charge in [-0.2, -0.15) is 0 Å². The number of halogens is 1. The van der Waals surface area contributed by atoms with Gasteiger partial charge in [0.2, 0.25) is 5.91 Å². The zero-order valence-electron chi connectivity index (χ0n) is 8.48. The van der Waals surface area contributed by atoms with Crippen LogP contribution in [0.25, 0.3) is 11.1 Å². The van der Waals surface area contributed by atoms with Crippen LogP contribution in [0.2, 0.25) is 0 Å². The smallest absolute Gasteiger partial charge is 0.248 e. The van der Waals surface area contributed by atoms with E-state index in [9.17, 15) is 9.18 Å².